The first-order valence-electron chi connectivity index (χ1n) is 12.0. The standard InChI is InChI=1S/C31H30ClNO2/c1-22-12-18-29(31(34)35-2)26(20-22)10-4-8-23-6-3-7-24(21-23)9-5-11-28-17-14-25-13-15-27(32)16-19-30(25)33-28/h3,5-7,9,12-15,17-21H,4,8,10-11,16H2,1-2H3/b9-5+. The highest BCUT2D eigenvalue weighted by Crippen LogP contribution is 2.17. The van der Waals surface area contributed by atoms with Crippen LogP contribution in [0, 0.1) is 6.92 Å². The van der Waals surface area contributed by atoms with Crippen molar-refractivity contribution in [1.29, 1.82) is 0 Å². The number of fused-ring (bicyclic) bond motifs is 1. The summed E-state index contributed by atoms with van der Waals surface area (Å²) >= 11 is 6.15. The minimum atomic E-state index is -0.271. The molecule has 0 saturated carbocycles. The Balaban J connectivity index is 1.37. The van der Waals surface area contributed by atoms with Gasteiger partial charge in [0.2, 0.25) is 0 Å². The second-order valence-corrected chi connectivity index (χ2v) is 9.31. The Morgan fingerprint density at radius 1 is 1.09 bits per heavy atom. The van der Waals surface area contributed by atoms with Crippen LogP contribution >= 0.6 is 11.6 Å². The molecular formula is C31H30ClNO2. The maximum atomic E-state index is 12.1. The molecule has 0 aliphatic heterocycles. The molecular weight excluding hydrogens is 454 g/mol. The van der Waals surface area contributed by atoms with E-state index in [0.717, 1.165) is 64.5 Å². The lowest BCUT2D eigenvalue weighted by molar-refractivity contribution is 0.0599. The van der Waals surface area contributed by atoms with E-state index in [2.05, 4.69) is 60.7 Å². The number of halogens is 1. The van der Waals surface area contributed by atoms with E-state index in [9.17, 15) is 4.79 Å². The molecule has 4 heteroatoms. The van der Waals surface area contributed by atoms with Gasteiger partial charge in [-0.15, -0.1) is 0 Å². The summed E-state index contributed by atoms with van der Waals surface area (Å²) in [4.78, 5) is 16.9. The fraction of sp³-hybridized carbons (Fsp3) is 0.226. The molecule has 3 aromatic rings. The molecule has 0 amide bonds. The zero-order chi connectivity index (χ0) is 24.6. The van der Waals surface area contributed by atoms with Crippen LogP contribution in [0.1, 0.15) is 51.1 Å². The molecule has 178 valence electrons. The number of hydrogen-bond acceptors (Lipinski definition) is 3. The number of carbonyl (C=O) groups is 1. The number of methoxy groups -OCH3 is 1. The van der Waals surface area contributed by atoms with Crippen molar-refractivity contribution in [2.45, 2.75) is 39.0 Å². The lowest BCUT2D eigenvalue weighted by Gasteiger charge is -2.09. The fourth-order valence-corrected chi connectivity index (χ4v) is 4.42. The molecule has 1 aliphatic carbocycles. The van der Waals surface area contributed by atoms with Gasteiger partial charge in [0.1, 0.15) is 0 Å². The highest BCUT2D eigenvalue weighted by atomic mass is 35.5. The minimum Gasteiger partial charge on any atom is -0.465 e. The van der Waals surface area contributed by atoms with Crippen LogP contribution in [0.15, 0.2) is 71.8 Å². The zero-order valence-corrected chi connectivity index (χ0v) is 21.0. The molecule has 0 N–H and O–H groups in total. The van der Waals surface area contributed by atoms with Gasteiger partial charge in [0.05, 0.1) is 18.0 Å². The summed E-state index contributed by atoms with van der Waals surface area (Å²) in [6.07, 6.45) is 14.6. The van der Waals surface area contributed by atoms with Crippen molar-refractivity contribution >= 4 is 35.8 Å². The van der Waals surface area contributed by atoms with Crippen LogP contribution in [0.25, 0.3) is 18.2 Å². The Kier molecular flexibility index (Phi) is 8.33. The van der Waals surface area contributed by atoms with Crippen molar-refractivity contribution in [3.63, 3.8) is 0 Å². The minimum absolute atomic E-state index is 0.271. The van der Waals surface area contributed by atoms with Crippen LogP contribution in [0.4, 0.5) is 0 Å². The molecule has 0 fully saturated rings. The summed E-state index contributed by atoms with van der Waals surface area (Å²) in [5, 5.41) is 2.92. The van der Waals surface area contributed by atoms with Crippen LogP contribution in [0.5, 0.6) is 0 Å². The number of allylic oxidation sites excluding steroid dienone is 3. The van der Waals surface area contributed by atoms with Crippen molar-refractivity contribution in [2.24, 2.45) is 0 Å². The van der Waals surface area contributed by atoms with Crippen LogP contribution in [-0.4, -0.2) is 18.1 Å². The van der Waals surface area contributed by atoms with Crippen molar-refractivity contribution < 1.29 is 9.53 Å². The van der Waals surface area contributed by atoms with E-state index in [1.165, 1.54) is 18.2 Å². The van der Waals surface area contributed by atoms with E-state index in [-0.39, 0.29) is 5.97 Å². The predicted molar refractivity (Wildman–Crippen MR) is 145 cm³/mol. The Morgan fingerprint density at radius 3 is 2.83 bits per heavy atom. The Hall–Kier alpha value is -3.43. The number of ether oxygens (including phenoxy) is 1. The van der Waals surface area contributed by atoms with E-state index >= 15 is 0 Å². The Morgan fingerprint density at radius 2 is 1.97 bits per heavy atom. The van der Waals surface area contributed by atoms with Crippen molar-refractivity contribution in [3.8, 4) is 0 Å². The molecule has 35 heavy (non-hydrogen) atoms. The SMILES string of the molecule is COC(=O)c1ccc(C)cc1CCCc1cccc(/C=C/Cc2ccc3c(n2)=CCC(Cl)=CC=3)c1. The van der Waals surface area contributed by atoms with Crippen LogP contribution in [-0.2, 0) is 24.0 Å². The van der Waals surface area contributed by atoms with Gasteiger partial charge < -0.3 is 4.74 Å². The first-order valence-corrected chi connectivity index (χ1v) is 12.4. The van der Waals surface area contributed by atoms with Gasteiger partial charge in [-0.3, -0.25) is 4.98 Å². The van der Waals surface area contributed by atoms with E-state index in [1.807, 2.05) is 31.2 Å². The third kappa shape index (κ3) is 6.80. The number of benzene rings is 2. The van der Waals surface area contributed by atoms with Gasteiger partial charge in [0.15, 0.2) is 0 Å². The molecule has 0 bridgehead atoms. The molecule has 0 atom stereocenters. The Bertz CT molecular complexity index is 1400. The monoisotopic (exact) mass is 483 g/mol. The number of hydrogen-bond donors (Lipinski definition) is 0. The summed E-state index contributed by atoms with van der Waals surface area (Å²) in [5.41, 5.74) is 6.37. The van der Waals surface area contributed by atoms with Gasteiger partial charge in [-0.1, -0.05) is 83.9 Å². The second kappa shape index (κ2) is 11.8. The van der Waals surface area contributed by atoms with E-state index < -0.39 is 0 Å². The number of aromatic nitrogens is 1. The van der Waals surface area contributed by atoms with Crippen LogP contribution in [0.3, 0.4) is 0 Å². The summed E-state index contributed by atoms with van der Waals surface area (Å²) in [6.45, 7) is 2.05. The van der Waals surface area contributed by atoms with Crippen LogP contribution < -0.4 is 10.6 Å². The van der Waals surface area contributed by atoms with Crippen LogP contribution in [0.2, 0.25) is 0 Å². The summed E-state index contributed by atoms with van der Waals surface area (Å²) in [7, 11) is 1.43. The second-order valence-electron chi connectivity index (χ2n) is 8.82. The number of aryl methyl sites for hydroxylation is 3. The first kappa shape index (κ1) is 24.7. The average molecular weight is 484 g/mol. The lowest BCUT2D eigenvalue weighted by Crippen LogP contribution is -2.28. The zero-order valence-electron chi connectivity index (χ0n) is 20.3. The van der Waals surface area contributed by atoms with Crippen molar-refractivity contribution in [2.75, 3.05) is 7.11 Å². The quantitative estimate of drug-likeness (QED) is 0.386. The number of nitrogens with zero attached hydrogens (tertiary/aromatic N) is 1. The van der Waals surface area contributed by atoms with E-state index in [4.69, 9.17) is 21.3 Å². The molecule has 0 spiro atoms. The average Bonchev–Trinajstić information content (AvgIpc) is 3.05. The maximum Gasteiger partial charge on any atom is 0.338 e. The van der Waals surface area contributed by atoms with Crippen molar-refractivity contribution in [3.05, 3.63) is 116 Å². The highest BCUT2D eigenvalue weighted by molar-refractivity contribution is 6.30. The molecule has 3 nitrogen and oxygen atoms in total. The molecule has 0 unspecified atom stereocenters. The normalized spacial score (nSPS) is 12.8. The number of carbonyl (C=O) groups excluding carboxylic acids is 1. The number of pyridine rings is 1. The summed E-state index contributed by atoms with van der Waals surface area (Å²) < 4.78 is 4.94. The van der Waals surface area contributed by atoms with E-state index in [0.29, 0.717) is 5.56 Å². The third-order valence-corrected chi connectivity index (χ3v) is 6.40. The molecule has 1 heterocycles. The molecule has 1 aliphatic rings. The summed E-state index contributed by atoms with van der Waals surface area (Å²) in [5.74, 6) is -0.271. The topological polar surface area (TPSA) is 39.2 Å². The molecule has 0 saturated heterocycles. The smallest absolute Gasteiger partial charge is 0.338 e. The Labute approximate surface area is 212 Å². The lowest BCUT2D eigenvalue weighted by atomic mass is 9.97. The van der Waals surface area contributed by atoms with Crippen molar-refractivity contribution in [1.82, 2.24) is 4.98 Å². The van der Waals surface area contributed by atoms with E-state index in [1.54, 1.807) is 0 Å². The molecule has 0 radical (unpaired) electrons. The van der Waals surface area contributed by atoms with Gasteiger partial charge >= 0.3 is 5.97 Å². The number of rotatable bonds is 8. The molecule has 2 aromatic carbocycles. The third-order valence-electron chi connectivity index (χ3n) is 6.12. The van der Waals surface area contributed by atoms with Gasteiger partial charge in [-0.2, -0.15) is 0 Å². The molecule has 4 rings (SSSR count). The summed E-state index contributed by atoms with van der Waals surface area (Å²) in [6, 6.07) is 18.7. The van der Waals surface area contributed by atoms with Gasteiger partial charge in [0, 0.05) is 23.6 Å². The maximum absolute atomic E-state index is 12.1. The number of esters is 1. The van der Waals surface area contributed by atoms with Gasteiger partial charge in [-0.25, -0.2) is 4.79 Å². The predicted octanol–water partition coefficient (Wildman–Crippen LogP) is 5.70. The molecule has 1 aromatic heterocycles. The first-order chi connectivity index (χ1) is 17.0. The largest absolute Gasteiger partial charge is 0.465 e. The van der Waals surface area contributed by atoms with Gasteiger partial charge in [-0.05, 0) is 66.3 Å². The highest BCUT2D eigenvalue weighted by Gasteiger charge is 2.11. The van der Waals surface area contributed by atoms with Gasteiger partial charge in [0.25, 0.3) is 0 Å². The fourth-order valence-electron chi connectivity index (χ4n) is 4.28.